The van der Waals surface area contributed by atoms with Crippen LogP contribution in [0.1, 0.15) is 10.4 Å². The molecule has 1 aromatic heterocycles. The van der Waals surface area contributed by atoms with E-state index in [0.29, 0.717) is 5.56 Å². The summed E-state index contributed by atoms with van der Waals surface area (Å²) in [5, 5.41) is 10.4. The van der Waals surface area contributed by atoms with Gasteiger partial charge in [-0.3, -0.25) is 0 Å². The van der Waals surface area contributed by atoms with Gasteiger partial charge in [0.1, 0.15) is 0 Å². The molecule has 0 saturated heterocycles. The molecule has 0 aliphatic rings. The van der Waals surface area contributed by atoms with Crippen molar-refractivity contribution in [3.8, 4) is 11.1 Å². The summed E-state index contributed by atoms with van der Waals surface area (Å²) in [6.45, 7) is 0. The van der Waals surface area contributed by atoms with E-state index in [-0.39, 0.29) is 0 Å². The minimum atomic E-state index is -0.899. The van der Waals surface area contributed by atoms with Crippen molar-refractivity contribution in [2.45, 2.75) is 0 Å². The largest absolute Gasteiger partial charge is 0.478 e. The van der Waals surface area contributed by atoms with E-state index in [2.05, 4.69) is 0 Å². The number of aromatic nitrogens is 1. The Morgan fingerprint density at radius 2 is 1.89 bits per heavy atom. The quantitative estimate of drug-likeness (QED) is 0.756. The molecule has 3 aromatic rings. The third-order valence-electron chi connectivity index (χ3n) is 3.35. The zero-order chi connectivity index (χ0) is 13.4. The van der Waals surface area contributed by atoms with E-state index < -0.39 is 5.97 Å². The number of benzene rings is 2. The fourth-order valence-electron chi connectivity index (χ4n) is 2.37. The first kappa shape index (κ1) is 11.5. The Labute approximate surface area is 110 Å². The summed E-state index contributed by atoms with van der Waals surface area (Å²) in [6, 6.07) is 15.1. The van der Waals surface area contributed by atoms with Gasteiger partial charge in [0.15, 0.2) is 0 Å². The number of nitrogens with zero attached hydrogens (tertiary/aromatic N) is 1. The molecule has 3 nitrogen and oxygen atoms in total. The number of rotatable bonds is 2. The highest BCUT2D eigenvalue weighted by Gasteiger charge is 2.11. The second kappa shape index (κ2) is 4.28. The lowest BCUT2D eigenvalue weighted by Gasteiger charge is -2.06. The van der Waals surface area contributed by atoms with Crippen LogP contribution in [0, 0.1) is 0 Å². The highest BCUT2D eigenvalue weighted by atomic mass is 16.4. The number of hydrogen-bond acceptors (Lipinski definition) is 1. The SMILES string of the molecule is Cn1ccc2cc(-c3ccccc3C(=O)O)ccc21. The highest BCUT2D eigenvalue weighted by molar-refractivity contribution is 5.97. The second-order valence-electron chi connectivity index (χ2n) is 4.55. The summed E-state index contributed by atoms with van der Waals surface area (Å²) < 4.78 is 2.04. The minimum Gasteiger partial charge on any atom is -0.478 e. The fraction of sp³-hybridized carbons (Fsp3) is 0.0625. The van der Waals surface area contributed by atoms with Crippen LogP contribution < -0.4 is 0 Å². The van der Waals surface area contributed by atoms with Gasteiger partial charge in [0.2, 0.25) is 0 Å². The first-order valence-electron chi connectivity index (χ1n) is 6.04. The standard InChI is InChI=1S/C16H13NO2/c1-17-9-8-12-10-11(6-7-15(12)17)13-4-2-3-5-14(13)16(18)19/h2-10H,1H3,(H,18,19). The molecule has 0 amide bonds. The summed E-state index contributed by atoms with van der Waals surface area (Å²) in [4.78, 5) is 11.3. The molecule has 3 rings (SSSR count). The van der Waals surface area contributed by atoms with Crippen LogP contribution in [-0.2, 0) is 7.05 Å². The van der Waals surface area contributed by atoms with Crippen LogP contribution in [0.25, 0.3) is 22.0 Å². The average Bonchev–Trinajstić information content (AvgIpc) is 2.80. The van der Waals surface area contributed by atoms with Gasteiger partial charge in [-0.2, -0.15) is 0 Å². The van der Waals surface area contributed by atoms with Crippen molar-refractivity contribution in [3.05, 3.63) is 60.3 Å². The molecule has 19 heavy (non-hydrogen) atoms. The molecule has 94 valence electrons. The molecule has 0 atom stereocenters. The van der Waals surface area contributed by atoms with Crippen LogP contribution in [0.5, 0.6) is 0 Å². The monoisotopic (exact) mass is 251 g/mol. The van der Waals surface area contributed by atoms with Crippen molar-refractivity contribution in [1.82, 2.24) is 4.57 Å². The fourth-order valence-corrected chi connectivity index (χ4v) is 2.37. The Hall–Kier alpha value is -2.55. The summed E-state index contributed by atoms with van der Waals surface area (Å²) in [6.07, 6.45) is 2.00. The van der Waals surface area contributed by atoms with Gasteiger partial charge in [-0.05, 0) is 35.4 Å². The molecule has 0 aliphatic carbocycles. The van der Waals surface area contributed by atoms with Crippen LogP contribution in [0.4, 0.5) is 0 Å². The van der Waals surface area contributed by atoms with E-state index >= 15 is 0 Å². The molecule has 0 saturated carbocycles. The Bertz CT molecular complexity index is 771. The minimum absolute atomic E-state index is 0.331. The first-order valence-corrected chi connectivity index (χ1v) is 6.04. The van der Waals surface area contributed by atoms with Crippen molar-refractivity contribution in [1.29, 1.82) is 0 Å². The van der Waals surface area contributed by atoms with Crippen molar-refractivity contribution in [2.75, 3.05) is 0 Å². The predicted molar refractivity (Wildman–Crippen MR) is 75.3 cm³/mol. The molecule has 2 aromatic carbocycles. The predicted octanol–water partition coefficient (Wildman–Crippen LogP) is 3.54. The summed E-state index contributed by atoms with van der Waals surface area (Å²) >= 11 is 0. The van der Waals surface area contributed by atoms with Gasteiger partial charge in [-0.1, -0.05) is 24.3 Å². The number of aromatic carboxylic acids is 1. The van der Waals surface area contributed by atoms with Crippen LogP contribution in [-0.4, -0.2) is 15.6 Å². The van der Waals surface area contributed by atoms with Crippen molar-refractivity contribution < 1.29 is 9.90 Å². The van der Waals surface area contributed by atoms with Crippen LogP contribution >= 0.6 is 0 Å². The number of aryl methyl sites for hydroxylation is 1. The average molecular weight is 251 g/mol. The molecule has 0 fully saturated rings. The van der Waals surface area contributed by atoms with Gasteiger partial charge in [0, 0.05) is 24.1 Å². The topological polar surface area (TPSA) is 42.2 Å². The van der Waals surface area contributed by atoms with Crippen LogP contribution in [0.15, 0.2) is 54.7 Å². The van der Waals surface area contributed by atoms with Crippen molar-refractivity contribution in [3.63, 3.8) is 0 Å². The molecule has 0 aliphatic heterocycles. The van der Waals surface area contributed by atoms with Gasteiger partial charge >= 0.3 is 5.97 Å². The lowest BCUT2D eigenvalue weighted by molar-refractivity contribution is 0.0697. The third-order valence-corrected chi connectivity index (χ3v) is 3.35. The van der Waals surface area contributed by atoms with Crippen LogP contribution in [0.3, 0.4) is 0 Å². The Morgan fingerprint density at radius 1 is 1.11 bits per heavy atom. The number of hydrogen-bond donors (Lipinski definition) is 1. The molecule has 0 radical (unpaired) electrons. The molecule has 1 heterocycles. The van der Waals surface area contributed by atoms with E-state index in [1.54, 1.807) is 12.1 Å². The number of carboxylic acids is 1. The Morgan fingerprint density at radius 3 is 2.68 bits per heavy atom. The van der Waals surface area contributed by atoms with E-state index in [4.69, 9.17) is 0 Å². The van der Waals surface area contributed by atoms with Gasteiger partial charge in [0.25, 0.3) is 0 Å². The first-order chi connectivity index (χ1) is 9.16. The number of carbonyl (C=O) groups is 1. The molecule has 0 spiro atoms. The van der Waals surface area contributed by atoms with Gasteiger partial charge < -0.3 is 9.67 Å². The lowest BCUT2D eigenvalue weighted by atomic mass is 9.99. The maximum Gasteiger partial charge on any atom is 0.336 e. The molecule has 3 heteroatoms. The van der Waals surface area contributed by atoms with E-state index in [1.165, 1.54) is 0 Å². The Kier molecular flexibility index (Phi) is 2.60. The van der Waals surface area contributed by atoms with E-state index in [0.717, 1.165) is 22.0 Å². The normalized spacial score (nSPS) is 10.8. The maximum absolute atomic E-state index is 11.3. The molecule has 0 unspecified atom stereocenters. The van der Waals surface area contributed by atoms with Gasteiger partial charge in [-0.25, -0.2) is 4.79 Å². The van der Waals surface area contributed by atoms with Crippen molar-refractivity contribution in [2.24, 2.45) is 7.05 Å². The summed E-state index contributed by atoms with van der Waals surface area (Å²) in [5.74, 6) is -0.899. The molecule has 0 bridgehead atoms. The maximum atomic E-state index is 11.3. The van der Waals surface area contributed by atoms with E-state index in [1.807, 2.05) is 54.2 Å². The Balaban J connectivity index is 2.22. The van der Waals surface area contributed by atoms with E-state index in [9.17, 15) is 9.90 Å². The molecular weight excluding hydrogens is 238 g/mol. The third kappa shape index (κ3) is 1.89. The van der Waals surface area contributed by atoms with Gasteiger partial charge in [0.05, 0.1) is 5.56 Å². The second-order valence-corrected chi connectivity index (χ2v) is 4.55. The smallest absolute Gasteiger partial charge is 0.336 e. The lowest BCUT2D eigenvalue weighted by Crippen LogP contribution is -1.98. The highest BCUT2D eigenvalue weighted by Crippen LogP contribution is 2.27. The van der Waals surface area contributed by atoms with Crippen molar-refractivity contribution >= 4 is 16.9 Å². The number of fused-ring (bicyclic) bond motifs is 1. The summed E-state index contributed by atoms with van der Waals surface area (Å²) in [7, 11) is 1.99. The van der Waals surface area contributed by atoms with Gasteiger partial charge in [-0.15, -0.1) is 0 Å². The molecule has 1 N–H and O–H groups in total. The number of carboxylic acid groups (broad SMARTS) is 1. The molecular formula is C16H13NO2. The van der Waals surface area contributed by atoms with Crippen LogP contribution in [0.2, 0.25) is 0 Å². The summed E-state index contributed by atoms with van der Waals surface area (Å²) in [5.41, 5.74) is 3.15. The zero-order valence-electron chi connectivity index (χ0n) is 10.5. The zero-order valence-corrected chi connectivity index (χ0v) is 10.5.